The Morgan fingerprint density at radius 3 is 2.35 bits per heavy atom. The van der Waals surface area contributed by atoms with Crippen LogP contribution in [0, 0.1) is 11.3 Å². The van der Waals surface area contributed by atoms with Crippen LogP contribution in [0.15, 0.2) is 48.5 Å². The maximum Gasteiger partial charge on any atom is 0.304 e. The van der Waals surface area contributed by atoms with Gasteiger partial charge in [-0.15, -0.1) is 0 Å². The Hall–Kier alpha value is -2.08. The second-order valence-electron chi connectivity index (χ2n) is 10.0. The van der Waals surface area contributed by atoms with Gasteiger partial charge in [0, 0.05) is 16.0 Å². The summed E-state index contributed by atoms with van der Waals surface area (Å²) in [5.41, 5.74) is 0.749. The highest BCUT2D eigenvalue weighted by Gasteiger charge is 2.55. The van der Waals surface area contributed by atoms with Crippen LogP contribution in [0.4, 0.5) is 0 Å². The molecule has 7 heteroatoms. The van der Waals surface area contributed by atoms with Crippen molar-refractivity contribution in [2.75, 3.05) is 0 Å². The van der Waals surface area contributed by atoms with E-state index in [-0.39, 0.29) is 36.2 Å². The predicted octanol–water partition coefficient (Wildman–Crippen LogP) is 6.08. The molecule has 4 rings (SSSR count). The van der Waals surface area contributed by atoms with Crippen LogP contribution in [0.3, 0.4) is 0 Å². The van der Waals surface area contributed by atoms with E-state index in [2.05, 4.69) is 0 Å². The van der Waals surface area contributed by atoms with E-state index in [4.69, 9.17) is 23.2 Å². The Morgan fingerprint density at radius 1 is 1.12 bits per heavy atom. The molecule has 1 amide bonds. The first-order valence-electron chi connectivity index (χ1n) is 11.9. The summed E-state index contributed by atoms with van der Waals surface area (Å²) in [5, 5.41) is 22.0. The average Bonchev–Trinajstić information content (AvgIpc) is 3.62. The largest absolute Gasteiger partial charge is 0.481 e. The van der Waals surface area contributed by atoms with Crippen LogP contribution in [0.5, 0.6) is 0 Å². The van der Waals surface area contributed by atoms with Gasteiger partial charge < -0.3 is 15.1 Å². The summed E-state index contributed by atoms with van der Waals surface area (Å²) >= 11 is 12.5. The number of carbonyl (C=O) groups excluding carboxylic acids is 1. The third-order valence-corrected chi connectivity index (χ3v) is 7.86. The zero-order valence-corrected chi connectivity index (χ0v) is 21.0. The minimum absolute atomic E-state index is 0.195. The zero-order chi connectivity index (χ0) is 24.6. The molecule has 0 spiro atoms. The van der Waals surface area contributed by atoms with Gasteiger partial charge in [0.1, 0.15) is 0 Å². The van der Waals surface area contributed by atoms with E-state index in [1.165, 1.54) is 0 Å². The van der Waals surface area contributed by atoms with Gasteiger partial charge >= 0.3 is 5.97 Å². The van der Waals surface area contributed by atoms with Crippen LogP contribution in [-0.4, -0.2) is 39.1 Å². The quantitative estimate of drug-likeness (QED) is 0.457. The van der Waals surface area contributed by atoms with Crippen LogP contribution in [0.2, 0.25) is 10.0 Å². The van der Waals surface area contributed by atoms with Crippen molar-refractivity contribution >= 4 is 35.1 Å². The number of aliphatic carboxylic acids is 1. The molecular weight excluding hydrogens is 473 g/mol. The molecule has 1 aliphatic heterocycles. The van der Waals surface area contributed by atoms with Crippen molar-refractivity contribution in [3.05, 3.63) is 69.7 Å². The Bertz CT molecular complexity index is 1050. The first kappa shape index (κ1) is 25.0. The van der Waals surface area contributed by atoms with Crippen LogP contribution >= 0.6 is 23.2 Å². The van der Waals surface area contributed by atoms with Crippen LogP contribution in [0.25, 0.3) is 0 Å². The lowest BCUT2D eigenvalue weighted by Gasteiger charge is -2.53. The standard InChI is InChI=1S/C27H31Cl2NO4/c1-3-22(31)25(17-7-8-17)30-24(16-9-11-19(28)12-10-16)21(18-5-4-6-20(29)13-18)14-27(2,26(30)34)15-23(32)33/h4-6,9-13,17,21-22,24-25,31H,3,7-8,14-15H2,1-2H3,(H,32,33)/t21-,22-,24?,25?,27-/m1/s1. The SMILES string of the molecule is CC[C@@H](O)C(C1CC1)N1C(=O)[C@@](C)(CC(=O)O)C[C@H](c2cccc(Cl)c2)C1c1ccc(Cl)cc1. The summed E-state index contributed by atoms with van der Waals surface area (Å²) in [4.78, 5) is 27.9. The van der Waals surface area contributed by atoms with E-state index >= 15 is 0 Å². The van der Waals surface area contributed by atoms with Crippen molar-refractivity contribution in [2.45, 2.75) is 70.1 Å². The van der Waals surface area contributed by atoms with Crippen molar-refractivity contribution in [2.24, 2.45) is 11.3 Å². The summed E-state index contributed by atoms with van der Waals surface area (Å²) in [6.45, 7) is 3.66. The highest BCUT2D eigenvalue weighted by atomic mass is 35.5. The molecule has 5 nitrogen and oxygen atoms in total. The summed E-state index contributed by atoms with van der Waals surface area (Å²) in [7, 11) is 0. The van der Waals surface area contributed by atoms with Crippen molar-refractivity contribution in [1.29, 1.82) is 0 Å². The van der Waals surface area contributed by atoms with Crippen LogP contribution < -0.4 is 0 Å². The van der Waals surface area contributed by atoms with Gasteiger partial charge in [-0.05, 0) is 67.0 Å². The molecule has 2 aliphatic rings. The highest BCUT2D eigenvalue weighted by Crippen LogP contribution is 2.54. The fraction of sp³-hybridized carbons (Fsp3) is 0.481. The van der Waals surface area contributed by atoms with Gasteiger partial charge in [0.15, 0.2) is 0 Å². The molecule has 2 unspecified atom stereocenters. The van der Waals surface area contributed by atoms with Gasteiger partial charge in [0.25, 0.3) is 0 Å². The molecule has 5 atom stereocenters. The Morgan fingerprint density at radius 2 is 1.79 bits per heavy atom. The lowest BCUT2D eigenvalue weighted by Crippen LogP contribution is -2.59. The number of amides is 1. The summed E-state index contributed by atoms with van der Waals surface area (Å²) < 4.78 is 0. The summed E-state index contributed by atoms with van der Waals surface area (Å²) in [6.07, 6.45) is 1.79. The van der Waals surface area contributed by atoms with Gasteiger partial charge in [-0.3, -0.25) is 9.59 Å². The van der Waals surface area contributed by atoms with Crippen LogP contribution in [-0.2, 0) is 9.59 Å². The van der Waals surface area contributed by atoms with Crippen molar-refractivity contribution in [3.63, 3.8) is 0 Å². The number of carbonyl (C=O) groups is 2. The Balaban J connectivity index is 1.92. The third kappa shape index (κ3) is 4.98. The highest BCUT2D eigenvalue weighted by molar-refractivity contribution is 6.30. The first-order chi connectivity index (χ1) is 16.1. The number of benzene rings is 2. The zero-order valence-electron chi connectivity index (χ0n) is 19.5. The second-order valence-corrected chi connectivity index (χ2v) is 10.9. The monoisotopic (exact) mass is 503 g/mol. The van der Waals surface area contributed by atoms with Crippen molar-refractivity contribution in [1.82, 2.24) is 4.90 Å². The molecule has 34 heavy (non-hydrogen) atoms. The number of hydrogen-bond donors (Lipinski definition) is 2. The number of carboxylic acid groups (broad SMARTS) is 1. The molecule has 0 radical (unpaired) electrons. The van der Waals surface area contributed by atoms with Crippen LogP contribution in [0.1, 0.15) is 69.0 Å². The smallest absolute Gasteiger partial charge is 0.304 e. The number of aliphatic hydroxyl groups is 1. The number of likely N-dealkylation sites (tertiary alicyclic amines) is 1. The van der Waals surface area contributed by atoms with E-state index in [1.807, 2.05) is 54.3 Å². The molecule has 1 saturated carbocycles. The van der Waals surface area contributed by atoms with Gasteiger partial charge in [0.05, 0.1) is 30.0 Å². The lowest BCUT2D eigenvalue weighted by atomic mass is 9.66. The van der Waals surface area contributed by atoms with Gasteiger partial charge in [-0.1, -0.05) is 61.3 Å². The van der Waals surface area contributed by atoms with Gasteiger partial charge in [0.2, 0.25) is 5.91 Å². The number of halogens is 2. The Labute approximate surface area is 210 Å². The summed E-state index contributed by atoms with van der Waals surface area (Å²) in [5.74, 6) is -1.23. The molecule has 1 heterocycles. The van der Waals surface area contributed by atoms with E-state index in [1.54, 1.807) is 13.0 Å². The minimum Gasteiger partial charge on any atom is -0.481 e. The molecule has 1 saturated heterocycles. The minimum atomic E-state index is -1.11. The number of rotatable bonds is 8. The first-order valence-corrected chi connectivity index (χ1v) is 12.6. The normalized spacial score (nSPS) is 26.9. The topological polar surface area (TPSA) is 77.8 Å². The van der Waals surface area contributed by atoms with E-state index in [9.17, 15) is 19.8 Å². The molecule has 182 valence electrons. The van der Waals surface area contributed by atoms with Gasteiger partial charge in [-0.2, -0.15) is 0 Å². The fourth-order valence-corrected chi connectivity index (χ4v) is 5.94. The fourth-order valence-electron chi connectivity index (χ4n) is 5.61. The summed E-state index contributed by atoms with van der Waals surface area (Å²) in [6, 6.07) is 14.3. The van der Waals surface area contributed by atoms with Crippen molar-refractivity contribution in [3.8, 4) is 0 Å². The van der Waals surface area contributed by atoms with E-state index in [0.717, 1.165) is 24.0 Å². The number of carboxylic acids is 1. The molecular formula is C27H31Cl2NO4. The van der Waals surface area contributed by atoms with Crippen molar-refractivity contribution < 1.29 is 19.8 Å². The maximum atomic E-state index is 14.2. The molecule has 2 fully saturated rings. The molecule has 2 N–H and O–H groups in total. The predicted molar refractivity (Wildman–Crippen MR) is 133 cm³/mol. The average molecular weight is 504 g/mol. The second kappa shape index (κ2) is 9.88. The van der Waals surface area contributed by atoms with E-state index in [0.29, 0.717) is 22.9 Å². The molecule has 0 aromatic heterocycles. The number of aliphatic hydroxyl groups excluding tert-OH is 1. The van der Waals surface area contributed by atoms with E-state index < -0.39 is 17.5 Å². The number of nitrogens with zero attached hydrogens (tertiary/aromatic N) is 1. The molecule has 0 bridgehead atoms. The maximum absolute atomic E-state index is 14.2. The molecule has 2 aromatic rings. The number of piperidine rings is 1. The molecule has 2 aromatic carbocycles. The van der Waals surface area contributed by atoms with Gasteiger partial charge in [-0.25, -0.2) is 0 Å². The Kier molecular flexibility index (Phi) is 7.28. The number of hydrogen-bond acceptors (Lipinski definition) is 3. The third-order valence-electron chi connectivity index (χ3n) is 7.37. The molecule has 1 aliphatic carbocycles. The lowest BCUT2D eigenvalue weighted by molar-refractivity contribution is -0.164.